The fourth-order valence-corrected chi connectivity index (χ4v) is 5.26. The van der Waals surface area contributed by atoms with Gasteiger partial charge in [-0.3, -0.25) is 4.72 Å². The number of hydrogen-bond donors (Lipinski definition) is 1. The van der Waals surface area contributed by atoms with E-state index in [4.69, 9.17) is 4.74 Å². The molecule has 4 aromatic rings. The van der Waals surface area contributed by atoms with E-state index in [1.54, 1.807) is 42.2 Å². The highest BCUT2D eigenvalue weighted by Gasteiger charge is 2.25. The molecule has 3 heterocycles. The van der Waals surface area contributed by atoms with E-state index in [1.807, 2.05) is 24.3 Å². The van der Waals surface area contributed by atoms with Gasteiger partial charge in [0.25, 0.3) is 10.0 Å². The van der Waals surface area contributed by atoms with Gasteiger partial charge in [-0.25, -0.2) is 23.4 Å². The Morgan fingerprint density at radius 1 is 1.06 bits per heavy atom. The third-order valence-corrected chi connectivity index (χ3v) is 6.98. The Balaban J connectivity index is 1.53. The highest BCUT2D eigenvalue weighted by Crippen LogP contribution is 2.41. The summed E-state index contributed by atoms with van der Waals surface area (Å²) in [5, 5.41) is 2.03. The molecule has 31 heavy (non-hydrogen) atoms. The van der Waals surface area contributed by atoms with Crippen LogP contribution in [0.5, 0.6) is 5.75 Å². The van der Waals surface area contributed by atoms with Crippen molar-refractivity contribution in [1.82, 2.24) is 15.0 Å². The van der Waals surface area contributed by atoms with Gasteiger partial charge in [0.05, 0.1) is 17.1 Å². The highest BCUT2D eigenvalue weighted by atomic mass is 32.2. The molecule has 0 unspecified atom stereocenters. The van der Waals surface area contributed by atoms with Crippen LogP contribution in [0.3, 0.4) is 0 Å². The van der Waals surface area contributed by atoms with Crippen LogP contribution in [0.2, 0.25) is 0 Å². The number of hydrogen-bond acceptors (Lipinski definition) is 8. The van der Waals surface area contributed by atoms with Crippen molar-refractivity contribution in [2.75, 3.05) is 22.8 Å². The number of rotatable bonds is 5. The summed E-state index contributed by atoms with van der Waals surface area (Å²) < 4.78 is 33.8. The molecule has 0 spiro atoms. The first-order valence-electron chi connectivity index (χ1n) is 9.43. The average molecular weight is 452 g/mol. The third kappa shape index (κ3) is 3.82. The van der Waals surface area contributed by atoms with Gasteiger partial charge in [0, 0.05) is 46.9 Å². The Hall–Kier alpha value is -3.50. The number of aromatic nitrogens is 3. The van der Waals surface area contributed by atoms with Crippen molar-refractivity contribution in [2.45, 2.75) is 4.90 Å². The first-order valence-corrected chi connectivity index (χ1v) is 11.8. The van der Waals surface area contributed by atoms with Crippen molar-refractivity contribution in [3.8, 4) is 16.9 Å². The fourth-order valence-electron chi connectivity index (χ4n) is 3.46. The number of para-hydroxylation sites is 1. The molecule has 5 rings (SSSR count). The zero-order chi connectivity index (χ0) is 21.3. The van der Waals surface area contributed by atoms with E-state index >= 15 is 0 Å². The van der Waals surface area contributed by atoms with Crippen molar-refractivity contribution < 1.29 is 13.2 Å². The van der Waals surface area contributed by atoms with E-state index in [-0.39, 0.29) is 4.90 Å². The van der Waals surface area contributed by atoms with Crippen LogP contribution in [0.25, 0.3) is 11.1 Å². The second-order valence-electron chi connectivity index (χ2n) is 6.72. The smallest absolute Gasteiger partial charge is 0.263 e. The predicted molar refractivity (Wildman–Crippen MR) is 119 cm³/mol. The molecule has 0 bridgehead atoms. The average Bonchev–Trinajstić information content (AvgIpc) is 3.31. The zero-order valence-corrected chi connectivity index (χ0v) is 17.8. The minimum absolute atomic E-state index is 0.119. The number of anilines is 3. The van der Waals surface area contributed by atoms with Gasteiger partial charge in [0.15, 0.2) is 5.13 Å². The lowest BCUT2D eigenvalue weighted by atomic mass is 10.0. The molecule has 156 valence electrons. The molecule has 1 N–H and O–H groups in total. The molecule has 2 aromatic heterocycles. The van der Waals surface area contributed by atoms with Crippen LogP contribution in [0.15, 0.2) is 77.7 Å². The number of thiazole rings is 1. The van der Waals surface area contributed by atoms with Gasteiger partial charge in [-0.2, -0.15) is 0 Å². The second kappa shape index (κ2) is 7.97. The number of ether oxygens (including phenoxy) is 1. The monoisotopic (exact) mass is 451 g/mol. The van der Waals surface area contributed by atoms with Crippen LogP contribution in [0.4, 0.5) is 16.5 Å². The molecule has 0 fully saturated rings. The van der Waals surface area contributed by atoms with Gasteiger partial charge in [0.2, 0.25) is 0 Å². The van der Waals surface area contributed by atoms with E-state index in [2.05, 4.69) is 24.6 Å². The minimum Gasteiger partial charge on any atom is -0.489 e. The zero-order valence-electron chi connectivity index (χ0n) is 16.2. The van der Waals surface area contributed by atoms with Crippen LogP contribution in [-0.2, 0) is 10.0 Å². The van der Waals surface area contributed by atoms with E-state index < -0.39 is 10.0 Å². The first-order chi connectivity index (χ1) is 15.1. The molecular formula is C21H17N5O3S2. The molecule has 10 heteroatoms. The Labute approximate surface area is 183 Å². The van der Waals surface area contributed by atoms with Crippen molar-refractivity contribution in [2.24, 2.45) is 0 Å². The molecule has 0 atom stereocenters. The van der Waals surface area contributed by atoms with Gasteiger partial charge < -0.3 is 9.64 Å². The van der Waals surface area contributed by atoms with Crippen LogP contribution >= 0.6 is 11.3 Å². The van der Waals surface area contributed by atoms with Gasteiger partial charge in [-0.1, -0.05) is 18.2 Å². The molecule has 8 nitrogen and oxygen atoms in total. The first kappa shape index (κ1) is 19.5. The van der Waals surface area contributed by atoms with E-state index in [0.29, 0.717) is 24.0 Å². The summed E-state index contributed by atoms with van der Waals surface area (Å²) in [5.74, 6) is 0.507. The van der Waals surface area contributed by atoms with E-state index in [0.717, 1.165) is 22.5 Å². The van der Waals surface area contributed by atoms with Crippen molar-refractivity contribution >= 4 is 37.9 Å². The van der Waals surface area contributed by atoms with Crippen molar-refractivity contribution in [3.63, 3.8) is 0 Å². The largest absolute Gasteiger partial charge is 0.489 e. The Morgan fingerprint density at radius 3 is 2.71 bits per heavy atom. The summed E-state index contributed by atoms with van der Waals surface area (Å²) >= 11 is 1.22. The van der Waals surface area contributed by atoms with Gasteiger partial charge in [0.1, 0.15) is 18.7 Å². The maximum atomic E-state index is 12.7. The summed E-state index contributed by atoms with van der Waals surface area (Å²) in [6.45, 7) is 1.05. The fraction of sp³-hybridized carbons (Fsp3) is 0.0952. The Kier molecular flexibility index (Phi) is 5.00. The normalized spacial score (nSPS) is 13.4. The van der Waals surface area contributed by atoms with Crippen LogP contribution in [-0.4, -0.2) is 36.5 Å². The van der Waals surface area contributed by atoms with Crippen LogP contribution in [0.1, 0.15) is 0 Å². The SMILES string of the molecule is O=S(=O)(Nc1nccs1)c1ccc2c(c1)OCCN2c1ccccc1-c1cncnc1. The topological polar surface area (TPSA) is 97.3 Å². The number of sulfonamides is 1. The third-order valence-electron chi connectivity index (χ3n) is 4.83. The molecule has 0 amide bonds. The maximum Gasteiger partial charge on any atom is 0.263 e. The molecule has 1 aliphatic rings. The Morgan fingerprint density at radius 2 is 1.90 bits per heavy atom. The summed E-state index contributed by atoms with van der Waals surface area (Å²) in [6.07, 6.45) is 6.59. The lowest BCUT2D eigenvalue weighted by Gasteiger charge is -2.33. The maximum absolute atomic E-state index is 12.7. The lowest BCUT2D eigenvalue weighted by Crippen LogP contribution is -2.29. The molecule has 1 aliphatic heterocycles. The summed E-state index contributed by atoms with van der Waals surface area (Å²) in [6, 6.07) is 12.9. The van der Waals surface area contributed by atoms with Crippen molar-refractivity contribution in [3.05, 3.63) is 72.8 Å². The highest BCUT2D eigenvalue weighted by molar-refractivity contribution is 7.93. The summed E-state index contributed by atoms with van der Waals surface area (Å²) in [7, 11) is -3.77. The predicted octanol–water partition coefficient (Wildman–Crippen LogP) is 3.93. The quantitative estimate of drug-likeness (QED) is 0.491. The number of nitrogens with one attached hydrogen (secondary N) is 1. The van der Waals surface area contributed by atoms with E-state index in [9.17, 15) is 8.42 Å². The number of benzene rings is 2. The summed E-state index contributed by atoms with van der Waals surface area (Å²) in [4.78, 5) is 14.5. The second-order valence-corrected chi connectivity index (χ2v) is 9.29. The molecule has 0 saturated carbocycles. The number of fused-ring (bicyclic) bond motifs is 1. The molecule has 2 aromatic carbocycles. The Bertz CT molecular complexity index is 1310. The van der Waals surface area contributed by atoms with Gasteiger partial charge in [-0.05, 0) is 18.2 Å². The molecular weight excluding hydrogens is 434 g/mol. The lowest BCUT2D eigenvalue weighted by molar-refractivity contribution is 0.313. The standard InChI is InChI=1S/C21H17N5O3S2/c27-31(28,25-21-24-7-10-30-21)16-5-6-19-20(11-16)29-9-8-26(19)18-4-2-1-3-17(18)15-12-22-14-23-13-15/h1-7,10-14H,8-9H2,(H,24,25). The van der Waals surface area contributed by atoms with Crippen molar-refractivity contribution in [1.29, 1.82) is 0 Å². The van der Waals surface area contributed by atoms with Gasteiger partial charge in [-0.15, -0.1) is 11.3 Å². The summed E-state index contributed by atoms with van der Waals surface area (Å²) in [5.41, 5.74) is 3.65. The van der Waals surface area contributed by atoms with Crippen LogP contribution in [0, 0.1) is 0 Å². The van der Waals surface area contributed by atoms with E-state index in [1.165, 1.54) is 17.7 Å². The van der Waals surface area contributed by atoms with Gasteiger partial charge >= 0.3 is 0 Å². The number of nitrogens with zero attached hydrogens (tertiary/aromatic N) is 4. The molecule has 0 radical (unpaired) electrons. The molecule has 0 saturated heterocycles. The minimum atomic E-state index is -3.77. The van der Waals surface area contributed by atoms with Crippen LogP contribution < -0.4 is 14.4 Å². The molecule has 0 aliphatic carbocycles.